The second-order valence-electron chi connectivity index (χ2n) is 5.11. The highest BCUT2D eigenvalue weighted by molar-refractivity contribution is 6.32. The molecule has 1 aromatic heterocycles. The maximum Gasteiger partial charge on any atom is 0.128 e. The van der Waals surface area contributed by atoms with E-state index < -0.39 is 0 Å². The Morgan fingerprint density at radius 2 is 2.05 bits per heavy atom. The Morgan fingerprint density at radius 3 is 2.80 bits per heavy atom. The van der Waals surface area contributed by atoms with E-state index in [4.69, 9.17) is 23.2 Å². The lowest BCUT2D eigenvalue weighted by molar-refractivity contribution is 0.774. The van der Waals surface area contributed by atoms with Gasteiger partial charge in [-0.1, -0.05) is 41.9 Å². The van der Waals surface area contributed by atoms with Gasteiger partial charge < -0.3 is 4.90 Å². The summed E-state index contributed by atoms with van der Waals surface area (Å²) in [6.07, 6.45) is 2.86. The number of rotatable bonds is 3. The Hall–Kier alpha value is -1.25. The summed E-state index contributed by atoms with van der Waals surface area (Å²) in [5.74, 6) is 1.97. The number of hydrogen-bond donors (Lipinski definition) is 0. The topological polar surface area (TPSA) is 16.1 Å². The number of aromatic nitrogens is 1. The number of alkyl halides is 1. The second kappa shape index (κ2) is 6.02. The van der Waals surface area contributed by atoms with Crippen LogP contribution >= 0.6 is 23.2 Å². The summed E-state index contributed by atoms with van der Waals surface area (Å²) >= 11 is 12.0. The van der Waals surface area contributed by atoms with E-state index >= 15 is 0 Å². The highest BCUT2D eigenvalue weighted by Crippen LogP contribution is 2.31. The van der Waals surface area contributed by atoms with Crippen LogP contribution in [0.4, 0.5) is 5.82 Å². The minimum Gasteiger partial charge on any atom is -0.356 e. The maximum atomic E-state index is 6.06. The smallest absolute Gasteiger partial charge is 0.128 e. The van der Waals surface area contributed by atoms with Crippen molar-refractivity contribution >= 4 is 29.0 Å². The predicted molar refractivity (Wildman–Crippen MR) is 84.8 cm³/mol. The molecule has 1 saturated heterocycles. The van der Waals surface area contributed by atoms with Gasteiger partial charge in [0, 0.05) is 31.1 Å². The van der Waals surface area contributed by atoms with Crippen LogP contribution in [0.25, 0.3) is 0 Å². The second-order valence-corrected chi connectivity index (χ2v) is 5.78. The monoisotopic (exact) mass is 306 g/mol. The van der Waals surface area contributed by atoms with Crippen LogP contribution in [0, 0.1) is 0 Å². The van der Waals surface area contributed by atoms with Crippen LogP contribution in [0.2, 0.25) is 5.02 Å². The van der Waals surface area contributed by atoms with Crippen LogP contribution < -0.4 is 4.90 Å². The Labute approximate surface area is 129 Å². The lowest BCUT2D eigenvalue weighted by atomic mass is 9.99. The number of nitrogens with zero attached hydrogens (tertiary/aromatic N) is 2. The minimum atomic E-state index is 0.421. The quantitative estimate of drug-likeness (QED) is 0.778. The summed E-state index contributed by atoms with van der Waals surface area (Å²) < 4.78 is 0. The number of anilines is 1. The first-order valence-electron chi connectivity index (χ1n) is 6.78. The van der Waals surface area contributed by atoms with E-state index in [0.717, 1.165) is 30.9 Å². The van der Waals surface area contributed by atoms with Crippen molar-refractivity contribution in [3.63, 3.8) is 0 Å². The Balaban J connectivity index is 1.77. The molecular weight excluding hydrogens is 291 g/mol. The van der Waals surface area contributed by atoms with Crippen LogP contribution in [-0.4, -0.2) is 18.1 Å². The van der Waals surface area contributed by atoms with Gasteiger partial charge in [0.05, 0.1) is 5.02 Å². The SMILES string of the molecule is ClCc1cc(N2CCC(c3ccccc3)C2)ncc1Cl. The highest BCUT2D eigenvalue weighted by atomic mass is 35.5. The molecule has 2 nitrogen and oxygen atoms in total. The van der Waals surface area contributed by atoms with Crippen molar-refractivity contribution in [3.05, 3.63) is 58.7 Å². The third-order valence-corrected chi connectivity index (χ3v) is 4.48. The molecule has 20 heavy (non-hydrogen) atoms. The van der Waals surface area contributed by atoms with Gasteiger partial charge in [0.1, 0.15) is 5.82 Å². The molecule has 0 saturated carbocycles. The van der Waals surface area contributed by atoms with Crippen LogP contribution in [0.15, 0.2) is 42.6 Å². The van der Waals surface area contributed by atoms with Crippen LogP contribution in [-0.2, 0) is 5.88 Å². The van der Waals surface area contributed by atoms with Gasteiger partial charge in [0.2, 0.25) is 0 Å². The zero-order valence-electron chi connectivity index (χ0n) is 11.1. The van der Waals surface area contributed by atoms with Gasteiger partial charge in [-0.05, 0) is 23.6 Å². The van der Waals surface area contributed by atoms with E-state index in [9.17, 15) is 0 Å². The molecule has 104 valence electrons. The summed E-state index contributed by atoms with van der Waals surface area (Å²) in [6.45, 7) is 2.02. The average molecular weight is 307 g/mol. The van der Waals surface area contributed by atoms with Crippen molar-refractivity contribution in [2.45, 2.75) is 18.2 Å². The fraction of sp³-hybridized carbons (Fsp3) is 0.312. The molecule has 1 fully saturated rings. The molecule has 4 heteroatoms. The molecule has 0 amide bonds. The zero-order chi connectivity index (χ0) is 13.9. The first-order chi connectivity index (χ1) is 9.78. The van der Waals surface area contributed by atoms with E-state index in [1.165, 1.54) is 5.56 Å². The van der Waals surface area contributed by atoms with E-state index in [2.05, 4.69) is 40.2 Å². The lowest BCUT2D eigenvalue weighted by Crippen LogP contribution is -2.20. The first-order valence-corrected chi connectivity index (χ1v) is 7.69. The molecule has 1 aliphatic heterocycles. The van der Waals surface area contributed by atoms with Gasteiger partial charge >= 0.3 is 0 Å². The molecule has 0 bridgehead atoms. The number of halogens is 2. The van der Waals surface area contributed by atoms with Crippen molar-refractivity contribution in [2.24, 2.45) is 0 Å². The fourth-order valence-corrected chi connectivity index (χ4v) is 3.17. The molecule has 2 heterocycles. The largest absolute Gasteiger partial charge is 0.356 e. The van der Waals surface area contributed by atoms with Gasteiger partial charge in [-0.2, -0.15) is 0 Å². The third kappa shape index (κ3) is 2.77. The Kier molecular flexibility index (Phi) is 4.13. The van der Waals surface area contributed by atoms with Gasteiger partial charge in [0.25, 0.3) is 0 Å². The number of hydrogen-bond acceptors (Lipinski definition) is 2. The molecule has 1 aromatic carbocycles. The normalized spacial score (nSPS) is 18.5. The average Bonchev–Trinajstić information content (AvgIpc) is 2.98. The predicted octanol–water partition coefficient (Wildman–Crippen LogP) is 4.47. The molecule has 1 unspecified atom stereocenters. The van der Waals surface area contributed by atoms with E-state index in [-0.39, 0.29) is 0 Å². The summed E-state index contributed by atoms with van der Waals surface area (Å²) in [5, 5.41) is 0.641. The minimum absolute atomic E-state index is 0.421. The zero-order valence-corrected chi connectivity index (χ0v) is 12.6. The van der Waals surface area contributed by atoms with Crippen molar-refractivity contribution in [1.29, 1.82) is 0 Å². The molecular formula is C16H16Cl2N2. The van der Waals surface area contributed by atoms with Crippen LogP contribution in [0.1, 0.15) is 23.5 Å². The Morgan fingerprint density at radius 1 is 1.25 bits per heavy atom. The van der Waals surface area contributed by atoms with Crippen molar-refractivity contribution in [3.8, 4) is 0 Å². The summed E-state index contributed by atoms with van der Waals surface area (Å²) in [4.78, 5) is 6.74. The molecule has 1 atom stereocenters. The number of benzene rings is 1. The molecule has 0 N–H and O–H groups in total. The van der Waals surface area contributed by atoms with E-state index in [1.807, 2.05) is 6.07 Å². The molecule has 2 aromatic rings. The van der Waals surface area contributed by atoms with Crippen molar-refractivity contribution in [1.82, 2.24) is 4.98 Å². The van der Waals surface area contributed by atoms with Gasteiger partial charge in [-0.15, -0.1) is 11.6 Å². The summed E-state index contributed by atoms with van der Waals surface area (Å²) in [5.41, 5.74) is 2.35. The van der Waals surface area contributed by atoms with Crippen molar-refractivity contribution < 1.29 is 0 Å². The first kappa shape index (κ1) is 13.7. The van der Waals surface area contributed by atoms with Crippen molar-refractivity contribution in [2.75, 3.05) is 18.0 Å². The highest BCUT2D eigenvalue weighted by Gasteiger charge is 2.24. The molecule has 0 spiro atoms. The van der Waals surface area contributed by atoms with Crippen LogP contribution in [0.5, 0.6) is 0 Å². The van der Waals surface area contributed by atoms with E-state index in [0.29, 0.717) is 16.8 Å². The lowest BCUT2D eigenvalue weighted by Gasteiger charge is -2.18. The van der Waals surface area contributed by atoms with Gasteiger partial charge in [0.15, 0.2) is 0 Å². The summed E-state index contributed by atoms with van der Waals surface area (Å²) in [6, 6.07) is 12.7. The third-order valence-electron chi connectivity index (χ3n) is 3.85. The van der Waals surface area contributed by atoms with E-state index in [1.54, 1.807) is 6.20 Å². The van der Waals surface area contributed by atoms with Gasteiger partial charge in [-0.25, -0.2) is 4.98 Å². The molecule has 1 aliphatic rings. The standard InChI is InChI=1S/C16H16Cl2N2/c17-9-14-8-16(19-10-15(14)18)20-7-6-13(11-20)12-4-2-1-3-5-12/h1-5,8,10,13H,6-7,9,11H2. The van der Waals surface area contributed by atoms with Crippen LogP contribution in [0.3, 0.4) is 0 Å². The fourth-order valence-electron chi connectivity index (χ4n) is 2.71. The molecule has 0 radical (unpaired) electrons. The maximum absolute atomic E-state index is 6.06. The number of pyridine rings is 1. The van der Waals surface area contributed by atoms with Gasteiger partial charge in [-0.3, -0.25) is 0 Å². The summed E-state index contributed by atoms with van der Waals surface area (Å²) in [7, 11) is 0. The molecule has 0 aliphatic carbocycles. The Bertz CT molecular complexity index is 586. The molecule has 3 rings (SSSR count).